The highest BCUT2D eigenvalue weighted by molar-refractivity contribution is 7.89. The number of furan rings is 1. The molecule has 138 valence electrons. The number of thiocarbonyl (C=S) groups is 1. The van der Waals surface area contributed by atoms with Crippen molar-refractivity contribution in [2.75, 3.05) is 5.32 Å². The number of hydrazone groups is 1. The van der Waals surface area contributed by atoms with Crippen LogP contribution in [0.2, 0.25) is 0 Å². The van der Waals surface area contributed by atoms with Crippen molar-refractivity contribution < 1.29 is 12.8 Å². The number of anilines is 1. The number of sulfonamides is 1. The summed E-state index contributed by atoms with van der Waals surface area (Å²) >= 11 is 5.15. The third kappa shape index (κ3) is 5.23. The fourth-order valence-corrected chi connectivity index (χ4v) is 2.91. The van der Waals surface area contributed by atoms with Crippen LogP contribution in [0, 0.1) is 0 Å². The second-order valence-corrected chi connectivity index (χ2v) is 7.43. The number of para-hydroxylation sites is 1. The van der Waals surface area contributed by atoms with Crippen LogP contribution in [0.4, 0.5) is 5.69 Å². The van der Waals surface area contributed by atoms with Crippen LogP contribution < -0.4 is 15.9 Å². The number of primary sulfonamides is 1. The van der Waals surface area contributed by atoms with Crippen LogP contribution in [0.15, 0.2) is 81.1 Å². The van der Waals surface area contributed by atoms with Crippen LogP contribution in [-0.2, 0) is 10.0 Å². The summed E-state index contributed by atoms with van der Waals surface area (Å²) in [6.07, 6.45) is 1.49. The molecule has 0 amide bonds. The highest BCUT2D eigenvalue weighted by atomic mass is 32.2. The third-order valence-corrected chi connectivity index (χ3v) is 4.61. The third-order valence-electron chi connectivity index (χ3n) is 3.48. The summed E-state index contributed by atoms with van der Waals surface area (Å²) in [5.74, 6) is 1.08. The van der Waals surface area contributed by atoms with E-state index in [0.29, 0.717) is 16.6 Å². The summed E-state index contributed by atoms with van der Waals surface area (Å²) in [6, 6.07) is 19.1. The Balaban J connectivity index is 1.60. The Kier molecular flexibility index (Phi) is 5.65. The van der Waals surface area contributed by atoms with Gasteiger partial charge in [0, 0.05) is 11.3 Å². The normalized spacial score (nSPS) is 11.4. The van der Waals surface area contributed by atoms with Gasteiger partial charge in [-0.15, -0.1) is 0 Å². The van der Waals surface area contributed by atoms with Crippen molar-refractivity contribution in [3.05, 3.63) is 72.5 Å². The molecule has 0 fully saturated rings. The number of hydrogen-bond donors (Lipinski definition) is 3. The minimum atomic E-state index is -3.72. The van der Waals surface area contributed by atoms with E-state index in [1.54, 1.807) is 24.3 Å². The molecule has 0 atom stereocenters. The van der Waals surface area contributed by atoms with Crippen LogP contribution in [-0.4, -0.2) is 19.7 Å². The predicted octanol–water partition coefficient (Wildman–Crippen LogP) is 2.91. The Morgan fingerprint density at radius 3 is 2.41 bits per heavy atom. The molecule has 0 unspecified atom stereocenters. The van der Waals surface area contributed by atoms with E-state index in [9.17, 15) is 8.42 Å². The second kappa shape index (κ2) is 8.12. The van der Waals surface area contributed by atoms with Gasteiger partial charge < -0.3 is 9.73 Å². The highest BCUT2D eigenvalue weighted by Gasteiger charge is 2.09. The van der Waals surface area contributed by atoms with Gasteiger partial charge >= 0.3 is 0 Å². The number of rotatable bonds is 5. The number of nitrogens with two attached hydrogens (primary N) is 1. The summed E-state index contributed by atoms with van der Waals surface area (Å²) in [4.78, 5) is 0.0446. The van der Waals surface area contributed by atoms with Gasteiger partial charge in [0.2, 0.25) is 10.0 Å². The molecule has 1 heterocycles. The van der Waals surface area contributed by atoms with Crippen molar-refractivity contribution in [2.24, 2.45) is 10.2 Å². The highest BCUT2D eigenvalue weighted by Crippen LogP contribution is 2.22. The van der Waals surface area contributed by atoms with E-state index in [2.05, 4.69) is 15.8 Å². The lowest BCUT2D eigenvalue weighted by Crippen LogP contribution is -2.23. The maximum atomic E-state index is 11.3. The Bertz CT molecular complexity index is 1060. The summed E-state index contributed by atoms with van der Waals surface area (Å²) in [6.45, 7) is 0. The number of hydrogen-bond acceptors (Lipinski definition) is 5. The molecule has 0 aliphatic rings. The first kappa shape index (κ1) is 18.8. The van der Waals surface area contributed by atoms with E-state index in [1.807, 2.05) is 30.3 Å². The molecule has 0 saturated carbocycles. The van der Waals surface area contributed by atoms with Crippen molar-refractivity contribution in [3.8, 4) is 11.3 Å². The van der Waals surface area contributed by atoms with Crippen molar-refractivity contribution in [1.29, 1.82) is 0 Å². The Labute approximate surface area is 161 Å². The molecule has 4 N–H and O–H groups in total. The Morgan fingerprint density at radius 2 is 1.74 bits per heavy atom. The van der Waals surface area contributed by atoms with Crippen molar-refractivity contribution in [1.82, 2.24) is 5.43 Å². The first-order chi connectivity index (χ1) is 12.9. The summed E-state index contributed by atoms with van der Waals surface area (Å²) < 4.78 is 28.2. The number of nitrogens with one attached hydrogen (secondary N) is 2. The number of nitrogens with zero attached hydrogens (tertiary/aromatic N) is 1. The monoisotopic (exact) mass is 400 g/mol. The fraction of sp³-hybridized carbons (Fsp3) is 0. The van der Waals surface area contributed by atoms with Gasteiger partial charge in [0.25, 0.3) is 0 Å². The molecular formula is C18H16N4O3S2. The SMILES string of the molecule is NS(=O)(=O)c1ccc(-c2ccc(/C=N/NC(=S)Nc3ccccc3)o2)cc1. The minimum Gasteiger partial charge on any atom is -0.455 e. The molecule has 3 rings (SSSR count). The zero-order chi connectivity index (χ0) is 19.3. The maximum Gasteiger partial charge on any atom is 0.238 e. The van der Waals surface area contributed by atoms with E-state index >= 15 is 0 Å². The van der Waals surface area contributed by atoms with Gasteiger partial charge in [-0.3, -0.25) is 5.43 Å². The van der Waals surface area contributed by atoms with Gasteiger partial charge in [-0.2, -0.15) is 5.10 Å². The molecule has 0 aliphatic heterocycles. The standard InChI is InChI=1S/C18H16N4O3S2/c19-27(23,24)16-9-6-13(7-10-16)17-11-8-15(25-17)12-20-22-18(26)21-14-4-2-1-3-5-14/h1-12H,(H2,19,23,24)(H2,21,22,26)/b20-12+. The summed E-state index contributed by atoms with van der Waals surface area (Å²) in [5, 5.41) is 12.5. The van der Waals surface area contributed by atoms with Crippen LogP contribution in [0.1, 0.15) is 5.76 Å². The number of benzene rings is 2. The zero-order valence-electron chi connectivity index (χ0n) is 14.0. The maximum absolute atomic E-state index is 11.3. The molecule has 0 spiro atoms. The zero-order valence-corrected chi connectivity index (χ0v) is 15.6. The van der Waals surface area contributed by atoms with Crippen LogP contribution in [0.5, 0.6) is 0 Å². The van der Waals surface area contributed by atoms with Crippen LogP contribution >= 0.6 is 12.2 Å². The molecular weight excluding hydrogens is 384 g/mol. The van der Waals surface area contributed by atoms with E-state index in [0.717, 1.165) is 11.3 Å². The lowest BCUT2D eigenvalue weighted by atomic mass is 10.2. The summed E-state index contributed by atoms with van der Waals surface area (Å²) in [5.41, 5.74) is 4.28. The summed E-state index contributed by atoms with van der Waals surface area (Å²) in [7, 11) is -3.72. The van der Waals surface area contributed by atoms with E-state index in [1.165, 1.54) is 18.3 Å². The van der Waals surface area contributed by atoms with Gasteiger partial charge in [0.1, 0.15) is 11.5 Å². The molecule has 3 aromatic rings. The molecule has 27 heavy (non-hydrogen) atoms. The second-order valence-electron chi connectivity index (χ2n) is 5.46. The van der Waals surface area contributed by atoms with E-state index in [4.69, 9.17) is 21.8 Å². The molecule has 0 aliphatic carbocycles. The topological polar surface area (TPSA) is 110 Å². The lowest BCUT2D eigenvalue weighted by molar-refractivity contribution is 0.574. The molecule has 7 nitrogen and oxygen atoms in total. The molecule has 0 radical (unpaired) electrons. The van der Waals surface area contributed by atoms with Crippen LogP contribution in [0.3, 0.4) is 0 Å². The van der Waals surface area contributed by atoms with Crippen LogP contribution in [0.25, 0.3) is 11.3 Å². The van der Waals surface area contributed by atoms with Crippen molar-refractivity contribution in [3.63, 3.8) is 0 Å². The predicted molar refractivity (Wildman–Crippen MR) is 109 cm³/mol. The Morgan fingerprint density at radius 1 is 1.04 bits per heavy atom. The van der Waals surface area contributed by atoms with Gasteiger partial charge in [0.05, 0.1) is 11.1 Å². The van der Waals surface area contributed by atoms with Crippen molar-refractivity contribution >= 4 is 39.3 Å². The Hall–Kier alpha value is -3.01. The van der Waals surface area contributed by atoms with Crippen molar-refractivity contribution in [2.45, 2.75) is 4.90 Å². The van der Waals surface area contributed by atoms with Gasteiger partial charge in [-0.25, -0.2) is 13.6 Å². The lowest BCUT2D eigenvalue weighted by Gasteiger charge is -2.05. The first-order valence-electron chi connectivity index (χ1n) is 7.80. The largest absolute Gasteiger partial charge is 0.455 e. The molecule has 0 saturated heterocycles. The first-order valence-corrected chi connectivity index (χ1v) is 9.75. The molecule has 2 aromatic carbocycles. The van der Waals surface area contributed by atoms with Gasteiger partial charge in [0.15, 0.2) is 5.11 Å². The smallest absolute Gasteiger partial charge is 0.238 e. The molecule has 0 bridgehead atoms. The fourth-order valence-electron chi connectivity index (χ4n) is 2.22. The van der Waals surface area contributed by atoms with Gasteiger partial charge in [-0.05, 0) is 60.7 Å². The average molecular weight is 400 g/mol. The molecule has 1 aromatic heterocycles. The molecule has 9 heteroatoms. The van der Waals surface area contributed by atoms with Gasteiger partial charge in [-0.1, -0.05) is 18.2 Å². The average Bonchev–Trinajstić information content (AvgIpc) is 3.11. The van der Waals surface area contributed by atoms with E-state index in [-0.39, 0.29) is 4.90 Å². The van der Waals surface area contributed by atoms with E-state index < -0.39 is 10.0 Å². The quantitative estimate of drug-likeness (QED) is 0.345. The minimum absolute atomic E-state index is 0.0446.